The Morgan fingerprint density at radius 1 is 0.963 bits per heavy atom. The predicted molar refractivity (Wildman–Crippen MR) is 108 cm³/mol. The van der Waals surface area contributed by atoms with Crippen molar-refractivity contribution in [2.24, 2.45) is 0 Å². The van der Waals surface area contributed by atoms with Crippen LogP contribution in [0.3, 0.4) is 0 Å². The molecule has 0 saturated carbocycles. The van der Waals surface area contributed by atoms with Gasteiger partial charge in [0.1, 0.15) is 0 Å². The van der Waals surface area contributed by atoms with Crippen LogP contribution in [-0.2, 0) is 13.1 Å². The first kappa shape index (κ1) is 18.7. The summed E-state index contributed by atoms with van der Waals surface area (Å²) in [6.07, 6.45) is 9.93. The molecule has 0 aliphatic carbocycles. The maximum atomic E-state index is 10.8. The first-order valence-electron chi connectivity index (χ1n) is 10.5. The van der Waals surface area contributed by atoms with E-state index in [1.54, 1.807) is 0 Å². The number of hydrogen-bond donors (Lipinski definition) is 1. The number of aliphatic hydroxyl groups excluding tert-OH is 1. The molecule has 2 atom stereocenters. The van der Waals surface area contributed by atoms with Crippen molar-refractivity contribution in [2.75, 3.05) is 26.2 Å². The van der Waals surface area contributed by atoms with E-state index >= 15 is 0 Å². The molecule has 2 aliphatic rings. The van der Waals surface area contributed by atoms with Crippen LogP contribution < -0.4 is 0 Å². The Kier molecular flexibility index (Phi) is 6.22. The summed E-state index contributed by atoms with van der Waals surface area (Å²) in [5, 5.41) is 15.1. The van der Waals surface area contributed by atoms with Crippen LogP contribution in [-0.4, -0.2) is 63.0 Å². The normalized spacial score (nSPS) is 25.4. The van der Waals surface area contributed by atoms with Crippen molar-refractivity contribution >= 4 is 0 Å². The van der Waals surface area contributed by atoms with Gasteiger partial charge in [-0.1, -0.05) is 37.1 Å². The first-order chi connectivity index (χ1) is 13.3. The van der Waals surface area contributed by atoms with Crippen LogP contribution in [0.15, 0.2) is 42.7 Å². The molecule has 2 saturated heterocycles. The maximum Gasteiger partial charge on any atom is 0.0822 e. The standard InChI is InChI=1S/C22H32N4O/c27-22-18-24(14-9-21(22)25-11-3-1-2-4-12-25)16-19-7-5-8-20(15-19)17-26-13-6-10-23-26/h5-8,10,13,15,21-22,27H,1-4,9,11-12,14,16-18H2/t21-,22-/m1/s1. The van der Waals surface area contributed by atoms with Crippen LogP contribution in [0, 0.1) is 0 Å². The molecule has 146 valence electrons. The van der Waals surface area contributed by atoms with Gasteiger partial charge in [0.05, 0.1) is 12.6 Å². The van der Waals surface area contributed by atoms with Crippen molar-refractivity contribution < 1.29 is 5.11 Å². The third-order valence-corrected chi connectivity index (χ3v) is 6.04. The average molecular weight is 369 g/mol. The molecule has 0 amide bonds. The lowest BCUT2D eigenvalue weighted by Crippen LogP contribution is -2.54. The van der Waals surface area contributed by atoms with Gasteiger partial charge in [-0.3, -0.25) is 14.5 Å². The molecule has 1 aromatic carbocycles. The van der Waals surface area contributed by atoms with Crippen LogP contribution in [0.25, 0.3) is 0 Å². The number of hydrogen-bond acceptors (Lipinski definition) is 4. The summed E-state index contributed by atoms with van der Waals surface area (Å²) >= 11 is 0. The van der Waals surface area contributed by atoms with Gasteiger partial charge >= 0.3 is 0 Å². The van der Waals surface area contributed by atoms with Gasteiger partial charge in [0, 0.05) is 38.1 Å². The summed E-state index contributed by atoms with van der Waals surface area (Å²) in [7, 11) is 0. The topological polar surface area (TPSA) is 44.5 Å². The van der Waals surface area contributed by atoms with E-state index in [-0.39, 0.29) is 6.10 Å². The van der Waals surface area contributed by atoms with Gasteiger partial charge < -0.3 is 5.11 Å². The van der Waals surface area contributed by atoms with Gasteiger partial charge in [-0.25, -0.2) is 0 Å². The van der Waals surface area contributed by atoms with E-state index in [1.807, 2.05) is 23.1 Å². The molecule has 0 radical (unpaired) electrons. The molecule has 1 aromatic heterocycles. The second-order valence-corrected chi connectivity index (χ2v) is 8.13. The van der Waals surface area contributed by atoms with Gasteiger partial charge in [0.25, 0.3) is 0 Å². The SMILES string of the molecule is O[C@@H]1CN(Cc2cccc(Cn3cccn3)c2)CC[C@H]1N1CCCCCC1. The first-order valence-corrected chi connectivity index (χ1v) is 10.5. The summed E-state index contributed by atoms with van der Waals surface area (Å²) in [6.45, 7) is 5.90. The Labute approximate surface area is 162 Å². The van der Waals surface area contributed by atoms with Crippen LogP contribution >= 0.6 is 0 Å². The molecular formula is C22H32N4O. The summed E-state index contributed by atoms with van der Waals surface area (Å²) in [6, 6.07) is 11.1. The van der Waals surface area contributed by atoms with Gasteiger partial charge in [-0.05, 0) is 49.5 Å². The molecule has 27 heavy (non-hydrogen) atoms. The van der Waals surface area contributed by atoms with Crippen molar-refractivity contribution in [3.8, 4) is 0 Å². The molecular weight excluding hydrogens is 336 g/mol. The quantitative estimate of drug-likeness (QED) is 0.881. The molecule has 0 bridgehead atoms. The van der Waals surface area contributed by atoms with E-state index in [9.17, 15) is 5.11 Å². The molecule has 3 heterocycles. The predicted octanol–water partition coefficient (Wildman–Crippen LogP) is 2.74. The maximum absolute atomic E-state index is 10.8. The molecule has 5 nitrogen and oxygen atoms in total. The number of benzene rings is 1. The molecule has 0 spiro atoms. The fourth-order valence-electron chi connectivity index (χ4n) is 4.65. The number of aliphatic hydroxyl groups is 1. The van der Waals surface area contributed by atoms with E-state index in [2.05, 4.69) is 39.2 Å². The molecule has 4 rings (SSSR count). The van der Waals surface area contributed by atoms with E-state index < -0.39 is 0 Å². The summed E-state index contributed by atoms with van der Waals surface area (Å²) in [5.41, 5.74) is 2.59. The average Bonchev–Trinajstić information content (AvgIpc) is 3.02. The number of rotatable bonds is 5. The van der Waals surface area contributed by atoms with Crippen molar-refractivity contribution in [3.05, 3.63) is 53.9 Å². The van der Waals surface area contributed by atoms with Gasteiger partial charge in [-0.2, -0.15) is 5.10 Å². The third kappa shape index (κ3) is 4.98. The summed E-state index contributed by atoms with van der Waals surface area (Å²) in [5.74, 6) is 0. The highest BCUT2D eigenvalue weighted by molar-refractivity contribution is 5.23. The molecule has 2 aliphatic heterocycles. The summed E-state index contributed by atoms with van der Waals surface area (Å²) in [4.78, 5) is 4.96. The minimum atomic E-state index is -0.232. The molecule has 1 N–H and O–H groups in total. The number of aromatic nitrogens is 2. The van der Waals surface area contributed by atoms with Crippen LogP contribution in [0.1, 0.15) is 43.2 Å². The lowest BCUT2D eigenvalue weighted by atomic mass is 9.99. The largest absolute Gasteiger partial charge is 0.390 e. The van der Waals surface area contributed by atoms with Crippen molar-refractivity contribution in [1.29, 1.82) is 0 Å². The van der Waals surface area contributed by atoms with Gasteiger partial charge in [0.15, 0.2) is 0 Å². The molecule has 2 fully saturated rings. The van der Waals surface area contributed by atoms with Crippen molar-refractivity contribution in [2.45, 2.75) is 57.3 Å². The fourth-order valence-corrected chi connectivity index (χ4v) is 4.65. The third-order valence-electron chi connectivity index (χ3n) is 6.04. The lowest BCUT2D eigenvalue weighted by molar-refractivity contribution is -0.0144. The van der Waals surface area contributed by atoms with Gasteiger partial charge in [-0.15, -0.1) is 0 Å². The highest BCUT2D eigenvalue weighted by atomic mass is 16.3. The molecule has 2 aromatic rings. The number of likely N-dealkylation sites (tertiary alicyclic amines) is 2. The fraction of sp³-hybridized carbons (Fsp3) is 0.591. The lowest BCUT2D eigenvalue weighted by Gasteiger charge is -2.41. The summed E-state index contributed by atoms with van der Waals surface area (Å²) < 4.78 is 1.95. The van der Waals surface area contributed by atoms with Crippen LogP contribution in [0.4, 0.5) is 0 Å². The Morgan fingerprint density at radius 3 is 2.44 bits per heavy atom. The second-order valence-electron chi connectivity index (χ2n) is 8.13. The second kappa shape index (κ2) is 9.00. The minimum Gasteiger partial charge on any atom is -0.390 e. The van der Waals surface area contributed by atoms with E-state index in [0.717, 1.165) is 45.7 Å². The number of nitrogens with zero attached hydrogens (tertiary/aromatic N) is 4. The zero-order valence-corrected chi connectivity index (χ0v) is 16.2. The Hall–Kier alpha value is -1.69. The number of piperidine rings is 1. The zero-order chi connectivity index (χ0) is 18.5. The van der Waals surface area contributed by atoms with Gasteiger partial charge in [0.2, 0.25) is 0 Å². The smallest absolute Gasteiger partial charge is 0.0822 e. The Balaban J connectivity index is 1.33. The monoisotopic (exact) mass is 368 g/mol. The van der Waals surface area contributed by atoms with E-state index in [0.29, 0.717) is 6.04 Å². The van der Waals surface area contributed by atoms with Crippen LogP contribution in [0.5, 0.6) is 0 Å². The van der Waals surface area contributed by atoms with E-state index in [1.165, 1.54) is 36.8 Å². The molecule has 5 heteroatoms. The number of β-amino-alcohol motifs (C(OH)–C–C–N with tert-alkyl or cyclic N) is 1. The highest BCUT2D eigenvalue weighted by Gasteiger charge is 2.32. The van der Waals surface area contributed by atoms with Crippen molar-refractivity contribution in [3.63, 3.8) is 0 Å². The minimum absolute atomic E-state index is 0.232. The highest BCUT2D eigenvalue weighted by Crippen LogP contribution is 2.22. The molecule has 0 unspecified atom stereocenters. The Bertz CT molecular complexity index is 694. The van der Waals surface area contributed by atoms with Crippen LogP contribution in [0.2, 0.25) is 0 Å². The van der Waals surface area contributed by atoms with E-state index in [4.69, 9.17) is 0 Å². The Morgan fingerprint density at radius 2 is 1.74 bits per heavy atom. The van der Waals surface area contributed by atoms with Crippen molar-refractivity contribution in [1.82, 2.24) is 19.6 Å². The zero-order valence-electron chi connectivity index (χ0n) is 16.2.